The molecule has 1 saturated heterocycles. The number of carbonyl (C=O) groups is 1. The normalized spacial score (nSPS) is 15.2. The molecule has 1 fully saturated rings. The molecule has 6 nitrogen and oxygen atoms in total. The lowest BCUT2D eigenvalue weighted by Crippen LogP contribution is -2.33. The van der Waals surface area contributed by atoms with E-state index >= 15 is 0 Å². The number of carbonyl (C=O) groups excluding carboxylic acids is 1. The molecule has 2 aromatic heterocycles. The number of halogens is 3. The third kappa shape index (κ3) is 4.43. The predicted molar refractivity (Wildman–Crippen MR) is 115 cm³/mol. The summed E-state index contributed by atoms with van der Waals surface area (Å²) in [7, 11) is 0. The van der Waals surface area contributed by atoms with E-state index in [0.717, 1.165) is 24.6 Å². The minimum absolute atomic E-state index is 0.0847. The van der Waals surface area contributed by atoms with Gasteiger partial charge in [0.05, 0.1) is 17.3 Å². The first-order valence-corrected chi connectivity index (χ1v) is 10.5. The maximum absolute atomic E-state index is 13.3. The SMILES string of the molecule is Cc1c(Nc2ncc(C(=O)NCC3CCOCC3)n3c(C)ccc23)cccc1C(F)(F)F. The first kappa shape index (κ1) is 22.1. The van der Waals surface area contributed by atoms with Gasteiger partial charge in [-0.3, -0.25) is 4.79 Å². The summed E-state index contributed by atoms with van der Waals surface area (Å²) in [5.74, 6) is 0.517. The molecule has 1 amide bonds. The van der Waals surface area contributed by atoms with Gasteiger partial charge in [-0.2, -0.15) is 13.2 Å². The average molecular weight is 446 g/mol. The van der Waals surface area contributed by atoms with Crippen molar-refractivity contribution in [3.05, 3.63) is 59.0 Å². The van der Waals surface area contributed by atoms with Crippen molar-refractivity contribution >= 4 is 22.9 Å². The Bertz CT molecular complexity index is 1130. The molecule has 170 valence electrons. The van der Waals surface area contributed by atoms with Crippen LogP contribution in [0.25, 0.3) is 5.52 Å². The van der Waals surface area contributed by atoms with E-state index in [1.54, 1.807) is 16.5 Å². The van der Waals surface area contributed by atoms with Crippen LogP contribution in [-0.4, -0.2) is 35.1 Å². The summed E-state index contributed by atoms with van der Waals surface area (Å²) < 4.78 is 46.9. The van der Waals surface area contributed by atoms with Crippen molar-refractivity contribution in [1.82, 2.24) is 14.7 Å². The van der Waals surface area contributed by atoms with Gasteiger partial charge < -0.3 is 19.8 Å². The topological polar surface area (TPSA) is 67.7 Å². The molecule has 32 heavy (non-hydrogen) atoms. The minimum atomic E-state index is -4.44. The van der Waals surface area contributed by atoms with Crippen LogP contribution in [0, 0.1) is 19.8 Å². The first-order valence-electron chi connectivity index (χ1n) is 10.5. The van der Waals surface area contributed by atoms with E-state index < -0.39 is 11.7 Å². The van der Waals surface area contributed by atoms with Crippen LogP contribution >= 0.6 is 0 Å². The molecule has 0 spiro atoms. The van der Waals surface area contributed by atoms with Gasteiger partial charge in [0.25, 0.3) is 5.91 Å². The van der Waals surface area contributed by atoms with E-state index in [1.165, 1.54) is 19.2 Å². The number of ether oxygens (including phenoxy) is 1. The summed E-state index contributed by atoms with van der Waals surface area (Å²) >= 11 is 0. The molecule has 0 atom stereocenters. The number of benzene rings is 1. The molecule has 1 aliphatic heterocycles. The summed E-state index contributed by atoms with van der Waals surface area (Å²) in [5.41, 5.74) is 1.50. The molecule has 3 aromatic rings. The smallest absolute Gasteiger partial charge is 0.381 e. The highest BCUT2D eigenvalue weighted by Gasteiger charge is 2.33. The summed E-state index contributed by atoms with van der Waals surface area (Å²) in [6, 6.07) is 7.63. The largest absolute Gasteiger partial charge is 0.416 e. The van der Waals surface area contributed by atoms with Gasteiger partial charge in [0.1, 0.15) is 5.69 Å². The highest BCUT2D eigenvalue weighted by molar-refractivity contribution is 5.94. The van der Waals surface area contributed by atoms with Crippen LogP contribution in [0.15, 0.2) is 36.5 Å². The summed E-state index contributed by atoms with van der Waals surface area (Å²) in [5, 5.41) is 5.99. The molecule has 4 rings (SSSR count). The van der Waals surface area contributed by atoms with Crippen LogP contribution in [0.4, 0.5) is 24.7 Å². The summed E-state index contributed by atoms with van der Waals surface area (Å²) in [6.07, 6.45) is -1.17. The Balaban J connectivity index is 1.61. The monoisotopic (exact) mass is 446 g/mol. The first-order chi connectivity index (χ1) is 15.3. The Morgan fingerprint density at radius 3 is 2.66 bits per heavy atom. The third-order valence-corrected chi connectivity index (χ3v) is 5.89. The van der Waals surface area contributed by atoms with E-state index in [0.29, 0.717) is 48.4 Å². The van der Waals surface area contributed by atoms with E-state index in [1.807, 2.05) is 13.0 Å². The number of aryl methyl sites for hydroxylation is 1. The molecule has 0 saturated carbocycles. The number of alkyl halides is 3. The van der Waals surface area contributed by atoms with Crippen LogP contribution in [0.5, 0.6) is 0 Å². The van der Waals surface area contributed by atoms with Crippen LogP contribution in [0.1, 0.15) is 40.2 Å². The second-order valence-corrected chi connectivity index (χ2v) is 8.05. The maximum atomic E-state index is 13.3. The lowest BCUT2D eigenvalue weighted by Gasteiger charge is -2.22. The fourth-order valence-corrected chi connectivity index (χ4v) is 4.03. The van der Waals surface area contributed by atoms with Crippen molar-refractivity contribution in [3.63, 3.8) is 0 Å². The highest BCUT2D eigenvalue weighted by Crippen LogP contribution is 2.35. The summed E-state index contributed by atoms with van der Waals surface area (Å²) in [4.78, 5) is 17.3. The van der Waals surface area contributed by atoms with Crippen LogP contribution < -0.4 is 10.6 Å². The lowest BCUT2D eigenvalue weighted by molar-refractivity contribution is -0.138. The quantitative estimate of drug-likeness (QED) is 0.587. The Morgan fingerprint density at radius 1 is 1.19 bits per heavy atom. The molecule has 0 radical (unpaired) electrons. The molecule has 0 bridgehead atoms. The second-order valence-electron chi connectivity index (χ2n) is 8.05. The maximum Gasteiger partial charge on any atom is 0.416 e. The number of nitrogens with zero attached hydrogens (tertiary/aromatic N) is 2. The molecule has 1 aromatic carbocycles. The van der Waals surface area contributed by atoms with E-state index in [-0.39, 0.29) is 11.5 Å². The number of nitrogens with one attached hydrogen (secondary N) is 2. The standard InChI is InChI=1S/C23H25F3N4O2/c1-14-6-7-19-21(29-18-5-3-4-17(15(18)2)23(24,25)26)27-13-20(30(14)19)22(31)28-12-16-8-10-32-11-9-16/h3-7,13,16H,8-12H2,1-2H3,(H,27,29)(H,28,31). The van der Waals surface area contributed by atoms with Crippen molar-refractivity contribution in [2.45, 2.75) is 32.9 Å². The van der Waals surface area contributed by atoms with E-state index in [9.17, 15) is 18.0 Å². The van der Waals surface area contributed by atoms with Gasteiger partial charge in [0.2, 0.25) is 0 Å². The number of anilines is 2. The van der Waals surface area contributed by atoms with Gasteiger partial charge in [0.15, 0.2) is 5.82 Å². The van der Waals surface area contributed by atoms with E-state index in [4.69, 9.17) is 4.74 Å². The van der Waals surface area contributed by atoms with E-state index in [2.05, 4.69) is 15.6 Å². The molecule has 1 aliphatic rings. The Hall–Kier alpha value is -3.07. The number of amides is 1. The second kappa shape index (κ2) is 8.82. The van der Waals surface area contributed by atoms with Crippen molar-refractivity contribution in [2.75, 3.05) is 25.1 Å². The molecular weight excluding hydrogens is 421 g/mol. The minimum Gasteiger partial charge on any atom is -0.381 e. The van der Waals surface area contributed by atoms with Crippen LogP contribution in [-0.2, 0) is 10.9 Å². The highest BCUT2D eigenvalue weighted by atomic mass is 19.4. The van der Waals surface area contributed by atoms with Crippen molar-refractivity contribution in [3.8, 4) is 0 Å². The van der Waals surface area contributed by atoms with Crippen LogP contribution in [0.2, 0.25) is 0 Å². The van der Waals surface area contributed by atoms with Gasteiger partial charge in [0, 0.05) is 31.1 Å². The Kier molecular flexibility index (Phi) is 6.10. The zero-order chi connectivity index (χ0) is 22.9. The van der Waals surface area contributed by atoms with Crippen molar-refractivity contribution in [1.29, 1.82) is 0 Å². The van der Waals surface area contributed by atoms with Gasteiger partial charge in [-0.15, -0.1) is 0 Å². The average Bonchev–Trinajstić information content (AvgIpc) is 3.16. The van der Waals surface area contributed by atoms with Gasteiger partial charge in [-0.05, 0) is 62.4 Å². The van der Waals surface area contributed by atoms with Crippen molar-refractivity contribution < 1.29 is 22.7 Å². The van der Waals surface area contributed by atoms with Gasteiger partial charge in [-0.25, -0.2) is 4.98 Å². The third-order valence-electron chi connectivity index (χ3n) is 5.89. The fraction of sp³-hybridized carbons (Fsp3) is 0.391. The zero-order valence-corrected chi connectivity index (χ0v) is 17.9. The number of rotatable bonds is 5. The molecule has 0 aliphatic carbocycles. The zero-order valence-electron chi connectivity index (χ0n) is 17.9. The van der Waals surface area contributed by atoms with Gasteiger partial charge >= 0.3 is 6.18 Å². The molecule has 2 N–H and O–H groups in total. The number of fused-ring (bicyclic) bond motifs is 1. The lowest BCUT2D eigenvalue weighted by atomic mass is 10.0. The van der Waals surface area contributed by atoms with Gasteiger partial charge in [-0.1, -0.05) is 6.07 Å². The predicted octanol–water partition coefficient (Wildman–Crippen LogP) is 4.87. The number of hydrogen-bond acceptors (Lipinski definition) is 4. The Labute approximate surface area is 183 Å². The van der Waals surface area contributed by atoms with Crippen LogP contribution in [0.3, 0.4) is 0 Å². The Morgan fingerprint density at radius 2 is 1.94 bits per heavy atom. The molecule has 0 unspecified atom stereocenters. The molecule has 9 heteroatoms. The molecular formula is C23H25F3N4O2. The summed E-state index contributed by atoms with van der Waals surface area (Å²) in [6.45, 7) is 5.26. The number of aromatic nitrogens is 2. The fourth-order valence-electron chi connectivity index (χ4n) is 4.03. The number of hydrogen-bond donors (Lipinski definition) is 2. The van der Waals surface area contributed by atoms with Crippen molar-refractivity contribution in [2.24, 2.45) is 5.92 Å². The molecule has 3 heterocycles.